The van der Waals surface area contributed by atoms with Gasteiger partial charge in [-0.25, -0.2) is 0 Å². The van der Waals surface area contributed by atoms with E-state index in [4.69, 9.17) is 0 Å². The van der Waals surface area contributed by atoms with Gasteiger partial charge in [0.05, 0.1) is 0 Å². The summed E-state index contributed by atoms with van der Waals surface area (Å²) in [5.74, 6) is 2.11. The van der Waals surface area contributed by atoms with E-state index in [0.29, 0.717) is 12.3 Å². The first-order valence-corrected chi connectivity index (χ1v) is 9.66. The van der Waals surface area contributed by atoms with Crippen LogP contribution in [-0.4, -0.2) is 21.7 Å². The van der Waals surface area contributed by atoms with Crippen molar-refractivity contribution in [3.8, 4) is 0 Å². The molecule has 0 aromatic heterocycles. The first-order valence-electron chi connectivity index (χ1n) is 7.69. The summed E-state index contributed by atoms with van der Waals surface area (Å²) in [6, 6.07) is 0. The highest BCUT2D eigenvalue weighted by Crippen LogP contribution is 2.34. The zero-order valence-corrected chi connectivity index (χ0v) is 16.5. The summed E-state index contributed by atoms with van der Waals surface area (Å²) < 4.78 is 0. The molecule has 0 saturated heterocycles. The maximum Gasteiger partial charge on any atom is 0.194 e. The number of rotatable bonds is 7. The molecule has 0 bridgehead atoms. The highest BCUT2D eigenvalue weighted by atomic mass is 32.2. The molecule has 124 valence electrons. The highest BCUT2D eigenvalue weighted by molar-refractivity contribution is 8.14. The zero-order valence-electron chi connectivity index (χ0n) is 14.9. The second-order valence-corrected chi connectivity index (χ2v) is 10.1. The second kappa shape index (κ2) is 8.61. The molecule has 0 aromatic carbocycles. The van der Waals surface area contributed by atoms with Gasteiger partial charge in [-0.05, 0) is 17.8 Å². The quantitative estimate of drug-likeness (QED) is 0.637. The molecule has 4 heteroatoms. The van der Waals surface area contributed by atoms with Crippen LogP contribution in [0, 0.1) is 22.7 Å². The summed E-state index contributed by atoms with van der Waals surface area (Å²) in [6.07, 6.45) is 0.632. The first-order chi connectivity index (χ1) is 9.35. The third-order valence-corrected chi connectivity index (χ3v) is 6.31. The van der Waals surface area contributed by atoms with E-state index in [9.17, 15) is 9.59 Å². The predicted molar refractivity (Wildman–Crippen MR) is 96.8 cm³/mol. The normalized spacial score (nSPS) is 14.3. The molecule has 0 aliphatic carbocycles. The van der Waals surface area contributed by atoms with Gasteiger partial charge in [0, 0.05) is 22.8 Å². The van der Waals surface area contributed by atoms with Gasteiger partial charge < -0.3 is 0 Å². The molecule has 0 N–H and O–H groups in total. The highest BCUT2D eigenvalue weighted by Gasteiger charge is 2.32. The van der Waals surface area contributed by atoms with Crippen LogP contribution in [0.15, 0.2) is 0 Å². The Bertz CT molecular complexity index is 354. The van der Waals surface area contributed by atoms with Crippen molar-refractivity contribution in [3.63, 3.8) is 0 Å². The number of hydrogen-bond donors (Lipinski definition) is 0. The Kier molecular flexibility index (Phi) is 8.63. The van der Waals surface area contributed by atoms with Gasteiger partial charge in [-0.1, -0.05) is 78.9 Å². The minimum absolute atomic E-state index is 0.0732. The van der Waals surface area contributed by atoms with E-state index < -0.39 is 5.41 Å². The summed E-state index contributed by atoms with van der Waals surface area (Å²) >= 11 is 2.81. The summed E-state index contributed by atoms with van der Waals surface area (Å²) in [5.41, 5.74) is -0.282. The van der Waals surface area contributed by atoms with Gasteiger partial charge in [-0.2, -0.15) is 0 Å². The molecular formula is C17H32O2S2. The Morgan fingerprint density at radius 1 is 0.952 bits per heavy atom. The topological polar surface area (TPSA) is 34.1 Å². The van der Waals surface area contributed by atoms with Gasteiger partial charge in [0.2, 0.25) is 0 Å². The van der Waals surface area contributed by atoms with E-state index in [1.165, 1.54) is 23.5 Å². The van der Waals surface area contributed by atoms with Crippen molar-refractivity contribution in [1.29, 1.82) is 0 Å². The monoisotopic (exact) mass is 332 g/mol. The van der Waals surface area contributed by atoms with Crippen molar-refractivity contribution in [2.45, 2.75) is 61.8 Å². The van der Waals surface area contributed by atoms with Crippen molar-refractivity contribution >= 4 is 33.8 Å². The summed E-state index contributed by atoms with van der Waals surface area (Å²) in [4.78, 5) is 24.5. The molecule has 21 heavy (non-hydrogen) atoms. The van der Waals surface area contributed by atoms with Gasteiger partial charge in [-0.15, -0.1) is 0 Å². The van der Waals surface area contributed by atoms with Crippen molar-refractivity contribution in [3.05, 3.63) is 0 Å². The number of thioether (sulfide) groups is 2. The molecule has 2 nitrogen and oxygen atoms in total. The van der Waals surface area contributed by atoms with Gasteiger partial charge in [0.15, 0.2) is 10.2 Å². The van der Waals surface area contributed by atoms with Crippen LogP contribution in [-0.2, 0) is 9.59 Å². The number of carbonyl (C=O) groups is 2. The van der Waals surface area contributed by atoms with Gasteiger partial charge >= 0.3 is 0 Å². The van der Waals surface area contributed by atoms with Crippen LogP contribution >= 0.6 is 23.5 Å². The maximum atomic E-state index is 12.3. The van der Waals surface area contributed by atoms with Crippen LogP contribution in [0.1, 0.15) is 61.8 Å². The standard InChI is InChI=1S/C17H32O2S2/c1-12(2)10-20-15(19)17(7,8)9-13(3)14(18)21-11-16(4,5)6/h12-13H,9-11H2,1-8H3. The fourth-order valence-corrected chi connectivity index (χ4v) is 3.70. The minimum Gasteiger partial charge on any atom is -0.287 e. The first kappa shape index (κ1) is 21.0. The lowest BCUT2D eigenvalue weighted by Gasteiger charge is -2.26. The SMILES string of the molecule is CC(C)CSC(=O)C(C)(C)CC(C)C(=O)SCC(C)(C)C. The third-order valence-electron chi connectivity index (χ3n) is 2.97. The Labute approximate surface area is 139 Å². The van der Waals surface area contributed by atoms with Crippen LogP contribution in [0.5, 0.6) is 0 Å². The fraction of sp³-hybridized carbons (Fsp3) is 0.882. The minimum atomic E-state index is -0.434. The molecule has 1 unspecified atom stereocenters. The third kappa shape index (κ3) is 9.62. The van der Waals surface area contributed by atoms with E-state index in [2.05, 4.69) is 34.6 Å². The smallest absolute Gasteiger partial charge is 0.194 e. The van der Waals surface area contributed by atoms with Crippen molar-refractivity contribution in [2.75, 3.05) is 11.5 Å². The van der Waals surface area contributed by atoms with Gasteiger partial charge in [0.1, 0.15) is 0 Å². The van der Waals surface area contributed by atoms with Crippen molar-refractivity contribution < 1.29 is 9.59 Å². The molecule has 0 rings (SSSR count). The Hall–Kier alpha value is 0.0400. The second-order valence-electron chi connectivity index (χ2n) is 8.15. The molecule has 0 spiro atoms. The van der Waals surface area contributed by atoms with Crippen LogP contribution in [0.3, 0.4) is 0 Å². The number of carbonyl (C=O) groups excluding carboxylic acids is 2. The fourth-order valence-electron chi connectivity index (χ4n) is 1.80. The number of hydrogen-bond acceptors (Lipinski definition) is 4. The van der Waals surface area contributed by atoms with Crippen molar-refractivity contribution in [1.82, 2.24) is 0 Å². The van der Waals surface area contributed by atoms with E-state index in [1.54, 1.807) is 0 Å². The molecular weight excluding hydrogens is 300 g/mol. The van der Waals surface area contributed by atoms with E-state index >= 15 is 0 Å². The van der Waals surface area contributed by atoms with Gasteiger partial charge in [0.25, 0.3) is 0 Å². The largest absolute Gasteiger partial charge is 0.287 e. The lowest BCUT2D eigenvalue weighted by molar-refractivity contribution is -0.120. The van der Waals surface area contributed by atoms with E-state index in [1.807, 2.05) is 20.8 Å². The summed E-state index contributed by atoms with van der Waals surface area (Å²) in [6.45, 7) is 16.5. The van der Waals surface area contributed by atoms with Crippen LogP contribution < -0.4 is 0 Å². The lowest BCUT2D eigenvalue weighted by Crippen LogP contribution is -2.27. The van der Waals surface area contributed by atoms with E-state index in [0.717, 1.165) is 11.5 Å². The zero-order chi connectivity index (χ0) is 16.8. The van der Waals surface area contributed by atoms with Crippen LogP contribution in [0.4, 0.5) is 0 Å². The molecule has 0 aromatic rings. The van der Waals surface area contributed by atoms with Crippen LogP contribution in [0.25, 0.3) is 0 Å². The Balaban J connectivity index is 4.42. The molecule has 1 atom stereocenters. The van der Waals surface area contributed by atoms with E-state index in [-0.39, 0.29) is 21.6 Å². The molecule has 0 amide bonds. The average Bonchev–Trinajstić information content (AvgIpc) is 2.31. The molecule has 0 aliphatic rings. The van der Waals surface area contributed by atoms with Gasteiger partial charge in [-0.3, -0.25) is 9.59 Å². The molecule has 0 saturated carbocycles. The maximum absolute atomic E-state index is 12.3. The summed E-state index contributed by atoms with van der Waals surface area (Å²) in [5, 5.41) is 0.413. The molecule has 0 heterocycles. The molecule has 0 aliphatic heterocycles. The molecule has 0 fully saturated rings. The lowest BCUT2D eigenvalue weighted by atomic mass is 9.85. The van der Waals surface area contributed by atoms with Crippen LogP contribution in [0.2, 0.25) is 0 Å². The average molecular weight is 333 g/mol. The molecule has 0 radical (unpaired) electrons. The Morgan fingerprint density at radius 2 is 1.48 bits per heavy atom. The van der Waals surface area contributed by atoms with Crippen molar-refractivity contribution in [2.24, 2.45) is 22.7 Å². The summed E-state index contributed by atoms with van der Waals surface area (Å²) in [7, 11) is 0. The Morgan fingerprint density at radius 3 is 1.90 bits per heavy atom. The predicted octanol–water partition coefficient (Wildman–Crippen LogP) is 5.26.